The highest BCUT2D eigenvalue weighted by molar-refractivity contribution is 6.31. The first-order valence-electron chi connectivity index (χ1n) is 4.95. The predicted molar refractivity (Wildman–Crippen MR) is 65.8 cm³/mol. The van der Waals surface area contributed by atoms with Crippen molar-refractivity contribution in [2.45, 2.75) is 13.8 Å². The molecule has 82 valence electrons. The molecule has 0 saturated carbocycles. The highest BCUT2D eigenvalue weighted by atomic mass is 35.5. The number of allylic oxidation sites excluding steroid dienone is 1. The minimum atomic E-state index is -0.0951. The van der Waals surface area contributed by atoms with E-state index in [1.807, 2.05) is 13.8 Å². The summed E-state index contributed by atoms with van der Waals surface area (Å²) in [7, 11) is 0. The summed E-state index contributed by atoms with van der Waals surface area (Å²) in [5, 5.41) is 6.24. The van der Waals surface area contributed by atoms with Gasteiger partial charge in [0, 0.05) is 5.02 Å². The fourth-order valence-corrected chi connectivity index (χ4v) is 1.73. The van der Waals surface area contributed by atoms with Gasteiger partial charge in [0.05, 0.1) is 17.0 Å². The molecule has 2 rings (SSSR count). The Bertz CT molecular complexity index is 488. The molecule has 1 heterocycles. The number of hydrazone groups is 1. The molecule has 16 heavy (non-hydrogen) atoms. The van der Waals surface area contributed by atoms with Gasteiger partial charge in [0.1, 0.15) is 0 Å². The molecule has 0 radical (unpaired) electrons. The lowest BCUT2D eigenvalue weighted by molar-refractivity contribution is -0.114. The number of carbonyl (C=O) groups excluding carboxylic acids is 1. The largest absolute Gasteiger partial charge is 0.280 e. The van der Waals surface area contributed by atoms with E-state index < -0.39 is 0 Å². The van der Waals surface area contributed by atoms with Crippen LogP contribution < -0.4 is 5.01 Å². The summed E-state index contributed by atoms with van der Waals surface area (Å²) < 4.78 is 0. The molecule has 0 spiro atoms. The van der Waals surface area contributed by atoms with Crippen molar-refractivity contribution in [3.8, 4) is 0 Å². The summed E-state index contributed by atoms with van der Waals surface area (Å²) in [6.45, 7) is 3.65. The molecule has 1 amide bonds. The molecule has 1 aliphatic heterocycles. The van der Waals surface area contributed by atoms with Crippen LogP contribution in [0, 0.1) is 0 Å². The zero-order chi connectivity index (χ0) is 11.7. The van der Waals surface area contributed by atoms with E-state index in [2.05, 4.69) is 5.10 Å². The van der Waals surface area contributed by atoms with Crippen molar-refractivity contribution >= 4 is 28.9 Å². The van der Waals surface area contributed by atoms with Crippen LogP contribution >= 0.6 is 11.6 Å². The molecule has 1 aliphatic rings. The summed E-state index contributed by atoms with van der Waals surface area (Å²) in [6, 6.07) is 7.02. The summed E-state index contributed by atoms with van der Waals surface area (Å²) in [4.78, 5) is 11.9. The van der Waals surface area contributed by atoms with Gasteiger partial charge in [-0.3, -0.25) is 4.79 Å². The van der Waals surface area contributed by atoms with Crippen molar-refractivity contribution in [1.29, 1.82) is 0 Å². The molecule has 0 atom stereocenters. The van der Waals surface area contributed by atoms with Crippen LogP contribution in [0.3, 0.4) is 0 Å². The van der Waals surface area contributed by atoms with Crippen molar-refractivity contribution in [3.05, 3.63) is 40.9 Å². The standard InChI is InChI=1S/C12H11ClN2O/c1-3-11-8(2)14-15(12(11)16)10-6-4-9(13)5-7-10/h3-7H,1-2H3/b11-3+. The predicted octanol–water partition coefficient (Wildman–Crippen LogP) is 3.01. The molecule has 0 aromatic heterocycles. The van der Waals surface area contributed by atoms with Gasteiger partial charge < -0.3 is 0 Å². The van der Waals surface area contributed by atoms with Gasteiger partial charge in [-0.15, -0.1) is 0 Å². The molecule has 0 N–H and O–H groups in total. The number of halogens is 1. The van der Waals surface area contributed by atoms with Gasteiger partial charge in [0.25, 0.3) is 5.91 Å². The number of hydrogen-bond donors (Lipinski definition) is 0. The van der Waals surface area contributed by atoms with Crippen LogP contribution in [0.25, 0.3) is 0 Å². The molecule has 0 saturated heterocycles. The SMILES string of the molecule is C/C=C1/C(=O)N(c2ccc(Cl)cc2)N=C1C. The van der Waals surface area contributed by atoms with E-state index in [1.54, 1.807) is 30.3 Å². The van der Waals surface area contributed by atoms with Gasteiger partial charge in [-0.1, -0.05) is 17.7 Å². The zero-order valence-electron chi connectivity index (χ0n) is 9.07. The van der Waals surface area contributed by atoms with Crippen LogP contribution in [-0.4, -0.2) is 11.6 Å². The molecular formula is C12H11ClN2O. The van der Waals surface area contributed by atoms with E-state index in [4.69, 9.17) is 11.6 Å². The van der Waals surface area contributed by atoms with Crippen LogP contribution in [0.5, 0.6) is 0 Å². The first-order chi connectivity index (χ1) is 7.63. The summed E-state index contributed by atoms with van der Waals surface area (Å²) in [5.74, 6) is -0.0951. The third-order valence-electron chi connectivity index (χ3n) is 2.42. The minimum Gasteiger partial charge on any atom is -0.267 e. The summed E-state index contributed by atoms with van der Waals surface area (Å²) >= 11 is 5.79. The molecule has 0 bridgehead atoms. The van der Waals surface area contributed by atoms with E-state index in [1.165, 1.54) is 5.01 Å². The van der Waals surface area contributed by atoms with Crippen molar-refractivity contribution in [1.82, 2.24) is 0 Å². The molecule has 1 aromatic rings. The molecule has 1 aromatic carbocycles. The number of carbonyl (C=O) groups is 1. The van der Waals surface area contributed by atoms with E-state index in [-0.39, 0.29) is 5.91 Å². The van der Waals surface area contributed by atoms with Crippen LogP contribution in [0.2, 0.25) is 5.02 Å². The Balaban J connectivity index is 2.38. The quantitative estimate of drug-likeness (QED) is 0.688. The maximum absolute atomic E-state index is 11.9. The zero-order valence-corrected chi connectivity index (χ0v) is 9.82. The maximum Gasteiger partial charge on any atom is 0.280 e. The Morgan fingerprint density at radius 3 is 2.44 bits per heavy atom. The van der Waals surface area contributed by atoms with E-state index >= 15 is 0 Å². The minimum absolute atomic E-state index is 0.0951. The van der Waals surface area contributed by atoms with Gasteiger partial charge in [-0.05, 0) is 38.1 Å². The Hall–Kier alpha value is -1.61. The molecule has 0 aliphatic carbocycles. The molecule has 0 unspecified atom stereocenters. The van der Waals surface area contributed by atoms with E-state index in [9.17, 15) is 4.79 Å². The number of rotatable bonds is 1. The van der Waals surface area contributed by atoms with Gasteiger partial charge in [-0.2, -0.15) is 10.1 Å². The van der Waals surface area contributed by atoms with E-state index in [0.29, 0.717) is 10.6 Å². The fourth-order valence-electron chi connectivity index (χ4n) is 1.61. The monoisotopic (exact) mass is 234 g/mol. The fraction of sp³-hybridized carbons (Fsp3) is 0.167. The number of hydrogen-bond acceptors (Lipinski definition) is 2. The average molecular weight is 235 g/mol. The van der Waals surface area contributed by atoms with Gasteiger partial charge in [-0.25, -0.2) is 0 Å². The lowest BCUT2D eigenvalue weighted by atomic mass is 10.1. The second-order valence-corrected chi connectivity index (χ2v) is 3.92. The van der Waals surface area contributed by atoms with Crippen molar-refractivity contribution < 1.29 is 4.79 Å². The number of nitrogens with zero attached hydrogens (tertiary/aromatic N) is 2. The average Bonchev–Trinajstić information content (AvgIpc) is 2.55. The lowest BCUT2D eigenvalue weighted by Crippen LogP contribution is -2.21. The first kappa shape index (κ1) is 10.9. The van der Waals surface area contributed by atoms with Gasteiger partial charge in [0.2, 0.25) is 0 Å². The number of amides is 1. The van der Waals surface area contributed by atoms with Crippen molar-refractivity contribution in [2.24, 2.45) is 5.10 Å². The van der Waals surface area contributed by atoms with Crippen molar-refractivity contribution in [2.75, 3.05) is 5.01 Å². The molecule has 3 nitrogen and oxygen atoms in total. The normalized spacial score (nSPS) is 18.2. The highest BCUT2D eigenvalue weighted by Gasteiger charge is 2.27. The van der Waals surface area contributed by atoms with Crippen LogP contribution in [0.1, 0.15) is 13.8 Å². The van der Waals surface area contributed by atoms with E-state index in [0.717, 1.165) is 11.4 Å². The van der Waals surface area contributed by atoms with Gasteiger partial charge in [0.15, 0.2) is 0 Å². The first-order valence-corrected chi connectivity index (χ1v) is 5.33. The lowest BCUT2D eigenvalue weighted by Gasteiger charge is -2.11. The Morgan fingerprint density at radius 1 is 1.31 bits per heavy atom. The third-order valence-corrected chi connectivity index (χ3v) is 2.67. The summed E-state index contributed by atoms with van der Waals surface area (Å²) in [6.07, 6.45) is 1.77. The Morgan fingerprint density at radius 2 is 1.94 bits per heavy atom. The topological polar surface area (TPSA) is 32.7 Å². The number of benzene rings is 1. The molecular weight excluding hydrogens is 224 g/mol. The van der Waals surface area contributed by atoms with Crippen LogP contribution in [0.15, 0.2) is 41.0 Å². The van der Waals surface area contributed by atoms with Crippen LogP contribution in [-0.2, 0) is 4.79 Å². The van der Waals surface area contributed by atoms with Crippen LogP contribution in [0.4, 0.5) is 5.69 Å². The smallest absolute Gasteiger partial charge is 0.267 e. The Labute approximate surface area is 99.0 Å². The maximum atomic E-state index is 11.9. The number of anilines is 1. The van der Waals surface area contributed by atoms with Gasteiger partial charge >= 0.3 is 0 Å². The second-order valence-electron chi connectivity index (χ2n) is 3.48. The molecule has 4 heteroatoms. The molecule has 0 fully saturated rings. The highest BCUT2D eigenvalue weighted by Crippen LogP contribution is 2.24. The third kappa shape index (κ3) is 1.74. The second kappa shape index (κ2) is 4.10. The summed E-state index contributed by atoms with van der Waals surface area (Å²) in [5.41, 5.74) is 2.11. The van der Waals surface area contributed by atoms with Crippen molar-refractivity contribution in [3.63, 3.8) is 0 Å². The Kier molecular flexibility index (Phi) is 2.79.